The van der Waals surface area contributed by atoms with Crippen molar-refractivity contribution in [1.82, 2.24) is 0 Å². The highest BCUT2D eigenvalue weighted by atomic mass is 16.4. The number of Topliss-reactive ketones (excluding diaryl/α,β-unsaturated/α-hetero) is 1. The summed E-state index contributed by atoms with van der Waals surface area (Å²) in [6.07, 6.45) is 12.6. The lowest BCUT2D eigenvalue weighted by Crippen LogP contribution is -2.06. The summed E-state index contributed by atoms with van der Waals surface area (Å²) in [4.78, 5) is 27.5. The Morgan fingerprint density at radius 2 is 1.80 bits per heavy atom. The van der Waals surface area contributed by atoms with Gasteiger partial charge in [0.1, 0.15) is 0 Å². The van der Waals surface area contributed by atoms with Gasteiger partial charge in [0.15, 0.2) is 5.78 Å². The van der Waals surface area contributed by atoms with Crippen LogP contribution in [0.15, 0.2) is 58.3 Å². The molecule has 0 saturated heterocycles. The number of rotatable bonds is 7. The SMILES string of the molecule is C\C=C/C(/N=C(\C)CC1CCC/C(=C\c2ccc(C(=O)O)cc2)CC1)=C(\C)C(C)=O. The van der Waals surface area contributed by atoms with Gasteiger partial charge in [0.05, 0.1) is 11.3 Å². The predicted molar refractivity (Wildman–Crippen MR) is 124 cm³/mol. The van der Waals surface area contributed by atoms with Crippen molar-refractivity contribution >= 4 is 23.5 Å². The number of ketones is 1. The van der Waals surface area contributed by atoms with Gasteiger partial charge in [0.25, 0.3) is 0 Å². The molecule has 1 aliphatic rings. The van der Waals surface area contributed by atoms with Crippen LogP contribution in [0, 0.1) is 5.92 Å². The molecule has 4 heteroatoms. The van der Waals surface area contributed by atoms with Gasteiger partial charge in [-0.25, -0.2) is 4.79 Å². The third-order valence-electron chi connectivity index (χ3n) is 5.64. The molecular formula is C26H33NO3. The number of benzene rings is 1. The van der Waals surface area contributed by atoms with E-state index in [2.05, 4.69) is 13.0 Å². The Kier molecular flexibility index (Phi) is 8.97. The molecule has 30 heavy (non-hydrogen) atoms. The maximum Gasteiger partial charge on any atom is 0.335 e. The molecule has 0 bridgehead atoms. The summed E-state index contributed by atoms with van der Waals surface area (Å²) in [6.45, 7) is 7.41. The number of hydrogen-bond donors (Lipinski definition) is 1. The van der Waals surface area contributed by atoms with Crippen molar-refractivity contribution in [3.05, 3.63) is 64.4 Å². The van der Waals surface area contributed by atoms with E-state index in [4.69, 9.17) is 10.1 Å². The number of aliphatic imine (C=N–C) groups is 1. The van der Waals surface area contributed by atoms with Gasteiger partial charge in [0.2, 0.25) is 0 Å². The van der Waals surface area contributed by atoms with Crippen molar-refractivity contribution in [2.75, 3.05) is 0 Å². The van der Waals surface area contributed by atoms with Crippen molar-refractivity contribution in [2.45, 2.75) is 66.2 Å². The van der Waals surface area contributed by atoms with Crippen LogP contribution in [0.1, 0.15) is 82.1 Å². The van der Waals surface area contributed by atoms with Crippen LogP contribution in [0.25, 0.3) is 6.08 Å². The lowest BCUT2D eigenvalue weighted by atomic mass is 9.94. The number of hydrogen-bond acceptors (Lipinski definition) is 3. The molecule has 1 atom stereocenters. The molecule has 1 unspecified atom stereocenters. The van der Waals surface area contributed by atoms with E-state index in [0.29, 0.717) is 17.1 Å². The summed E-state index contributed by atoms with van der Waals surface area (Å²) in [5.41, 5.74) is 5.35. The minimum Gasteiger partial charge on any atom is -0.478 e. The molecule has 0 heterocycles. The van der Waals surface area contributed by atoms with Crippen molar-refractivity contribution in [1.29, 1.82) is 0 Å². The van der Waals surface area contributed by atoms with E-state index in [0.717, 1.165) is 49.1 Å². The topological polar surface area (TPSA) is 66.7 Å². The highest BCUT2D eigenvalue weighted by Crippen LogP contribution is 2.30. The van der Waals surface area contributed by atoms with Crippen LogP contribution in [0.3, 0.4) is 0 Å². The van der Waals surface area contributed by atoms with E-state index >= 15 is 0 Å². The fourth-order valence-corrected chi connectivity index (χ4v) is 3.84. The average Bonchev–Trinajstić information content (AvgIpc) is 2.92. The van der Waals surface area contributed by atoms with Gasteiger partial charge in [-0.05, 0) is 95.9 Å². The summed E-state index contributed by atoms with van der Waals surface area (Å²) in [5, 5.41) is 9.03. The molecule has 0 aliphatic heterocycles. The lowest BCUT2D eigenvalue weighted by Gasteiger charge is -2.14. The second-order valence-electron chi connectivity index (χ2n) is 8.14. The molecule has 0 radical (unpaired) electrons. The largest absolute Gasteiger partial charge is 0.478 e. The molecular weight excluding hydrogens is 374 g/mol. The first-order chi connectivity index (χ1) is 14.3. The van der Waals surface area contributed by atoms with E-state index in [1.807, 2.05) is 38.1 Å². The summed E-state index contributed by atoms with van der Waals surface area (Å²) < 4.78 is 0. The van der Waals surface area contributed by atoms with E-state index in [9.17, 15) is 9.59 Å². The first kappa shape index (κ1) is 23.5. The van der Waals surface area contributed by atoms with Crippen LogP contribution in [-0.4, -0.2) is 22.6 Å². The molecule has 0 amide bonds. The first-order valence-corrected chi connectivity index (χ1v) is 10.7. The lowest BCUT2D eigenvalue weighted by molar-refractivity contribution is -0.113. The maximum absolute atomic E-state index is 11.7. The molecule has 4 nitrogen and oxygen atoms in total. The van der Waals surface area contributed by atoms with Gasteiger partial charge in [0, 0.05) is 11.3 Å². The van der Waals surface area contributed by atoms with Crippen LogP contribution in [0.2, 0.25) is 0 Å². The molecule has 2 rings (SSSR count). The van der Waals surface area contributed by atoms with Gasteiger partial charge in [-0.1, -0.05) is 29.9 Å². The Morgan fingerprint density at radius 1 is 1.10 bits per heavy atom. The highest BCUT2D eigenvalue weighted by molar-refractivity contribution is 5.94. The highest BCUT2D eigenvalue weighted by Gasteiger charge is 2.16. The van der Waals surface area contributed by atoms with Crippen LogP contribution >= 0.6 is 0 Å². The molecule has 1 fully saturated rings. The summed E-state index contributed by atoms with van der Waals surface area (Å²) >= 11 is 0. The van der Waals surface area contributed by atoms with Crippen molar-refractivity contribution in [3.63, 3.8) is 0 Å². The molecule has 1 N–H and O–H groups in total. The van der Waals surface area contributed by atoms with E-state index < -0.39 is 5.97 Å². The van der Waals surface area contributed by atoms with E-state index in [1.54, 1.807) is 19.1 Å². The number of carboxylic acids is 1. The zero-order chi connectivity index (χ0) is 22.1. The van der Waals surface area contributed by atoms with E-state index in [1.165, 1.54) is 12.0 Å². The Hall–Kier alpha value is -2.75. The van der Waals surface area contributed by atoms with Gasteiger partial charge < -0.3 is 5.11 Å². The first-order valence-electron chi connectivity index (χ1n) is 10.7. The quantitative estimate of drug-likeness (QED) is 0.238. The number of aromatic carboxylic acids is 1. The Morgan fingerprint density at radius 3 is 2.40 bits per heavy atom. The second kappa shape index (κ2) is 11.4. The fraction of sp³-hybridized carbons (Fsp3) is 0.423. The van der Waals surface area contributed by atoms with Crippen molar-refractivity contribution in [2.24, 2.45) is 10.9 Å². The number of nitrogens with zero attached hydrogens (tertiary/aromatic N) is 1. The average molecular weight is 408 g/mol. The molecule has 1 aromatic carbocycles. The fourth-order valence-electron chi connectivity index (χ4n) is 3.84. The van der Waals surface area contributed by atoms with Crippen molar-refractivity contribution in [3.8, 4) is 0 Å². The Balaban J connectivity index is 2.03. The monoisotopic (exact) mass is 407 g/mol. The van der Waals surface area contributed by atoms with Crippen molar-refractivity contribution < 1.29 is 14.7 Å². The number of carbonyl (C=O) groups is 2. The minimum atomic E-state index is -0.894. The number of allylic oxidation sites excluding steroid dienone is 4. The Bertz CT molecular complexity index is 885. The van der Waals surface area contributed by atoms with Gasteiger partial charge in [-0.3, -0.25) is 9.79 Å². The summed E-state index contributed by atoms with van der Waals surface area (Å²) in [5.74, 6) is -0.242. The molecule has 1 saturated carbocycles. The van der Waals surface area contributed by atoms with Gasteiger partial charge in [-0.2, -0.15) is 0 Å². The van der Waals surface area contributed by atoms with Gasteiger partial charge in [-0.15, -0.1) is 0 Å². The maximum atomic E-state index is 11.7. The third kappa shape index (κ3) is 7.25. The van der Waals surface area contributed by atoms with Crippen LogP contribution in [0.5, 0.6) is 0 Å². The minimum absolute atomic E-state index is 0.0558. The van der Waals surface area contributed by atoms with E-state index in [-0.39, 0.29) is 5.78 Å². The zero-order valence-electron chi connectivity index (χ0n) is 18.6. The number of carboxylic acid groups (broad SMARTS) is 1. The van der Waals surface area contributed by atoms with Crippen LogP contribution in [0.4, 0.5) is 0 Å². The molecule has 1 aromatic rings. The molecule has 1 aliphatic carbocycles. The zero-order valence-corrected chi connectivity index (χ0v) is 18.6. The smallest absolute Gasteiger partial charge is 0.335 e. The standard InChI is InChI=1S/C26H33NO3/c1-5-7-25(19(3)20(4)28)27-18(2)16-21-8-6-9-22(11-10-21)17-23-12-14-24(15-13-23)26(29)30/h5,7,12-15,17,21H,6,8-11,16H2,1-4H3,(H,29,30)/b7-5-,22-17+,25-19-,27-18+. The Labute approximate surface area is 180 Å². The third-order valence-corrected chi connectivity index (χ3v) is 5.64. The predicted octanol–water partition coefficient (Wildman–Crippen LogP) is 6.64. The molecule has 0 aromatic heterocycles. The normalized spacial score (nSPS) is 20.2. The second-order valence-corrected chi connectivity index (χ2v) is 8.14. The van der Waals surface area contributed by atoms with Crippen LogP contribution < -0.4 is 0 Å². The van der Waals surface area contributed by atoms with Crippen LogP contribution in [-0.2, 0) is 4.79 Å². The van der Waals surface area contributed by atoms with Gasteiger partial charge >= 0.3 is 5.97 Å². The molecule has 160 valence electrons. The molecule has 0 spiro atoms. The summed E-state index contributed by atoms with van der Waals surface area (Å²) in [6, 6.07) is 7.07. The summed E-state index contributed by atoms with van der Waals surface area (Å²) in [7, 11) is 0. The number of carbonyl (C=O) groups excluding carboxylic acids is 1.